The Labute approximate surface area is 174 Å². The molecule has 2 amide bonds. The van der Waals surface area contributed by atoms with Gasteiger partial charge < -0.3 is 20.5 Å². The third-order valence-electron chi connectivity index (χ3n) is 4.98. The summed E-state index contributed by atoms with van der Waals surface area (Å²) in [5.41, 5.74) is 1.78. The molecule has 3 rings (SSSR count). The Kier molecular flexibility index (Phi) is 6.58. The molecule has 0 saturated heterocycles. The van der Waals surface area contributed by atoms with Crippen LogP contribution in [0.15, 0.2) is 53.3 Å². The molecular formula is C22H26N5O3+. The summed E-state index contributed by atoms with van der Waals surface area (Å²) in [6.07, 6.45) is 0. The standard InChI is InChI=1S/C22H25N5O3/c1-4-27(13-20(29)24-17-11-9-16(10-12-17)23-15(3)28)14(2)21-25-19-8-6-5-7-18(19)22(30)26-21/h5-12,14H,4,13H2,1-3H3,(H,23,28)(H,24,29)(H,25,26,30)/p+1/t14-/m0/s1. The average molecular weight is 408 g/mol. The van der Waals surface area contributed by atoms with Crippen molar-refractivity contribution >= 4 is 34.1 Å². The number of nitrogens with one attached hydrogen (secondary N) is 4. The van der Waals surface area contributed by atoms with E-state index < -0.39 is 0 Å². The topological polar surface area (TPSA) is 108 Å². The lowest BCUT2D eigenvalue weighted by atomic mass is 10.2. The number of nitrogens with zero attached hydrogens (tertiary/aromatic N) is 1. The number of para-hydroxylation sites is 1. The normalized spacial score (nSPS) is 12.9. The molecule has 0 bridgehead atoms. The monoisotopic (exact) mass is 408 g/mol. The number of anilines is 2. The predicted octanol–water partition coefficient (Wildman–Crippen LogP) is 1.49. The number of carbonyl (C=O) groups is 2. The van der Waals surface area contributed by atoms with Gasteiger partial charge in [-0.3, -0.25) is 14.4 Å². The summed E-state index contributed by atoms with van der Waals surface area (Å²) in [4.78, 5) is 44.4. The van der Waals surface area contributed by atoms with Crippen LogP contribution in [0.25, 0.3) is 10.9 Å². The van der Waals surface area contributed by atoms with Crippen molar-refractivity contribution in [2.24, 2.45) is 0 Å². The molecule has 0 radical (unpaired) electrons. The molecule has 0 aliphatic carbocycles. The van der Waals surface area contributed by atoms with Crippen molar-refractivity contribution in [2.45, 2.75) is 26.8 Å². The highest BCUT2D eigenvalue weighted by molar-refractivity contribution is 5.92. The van der Waals surface area contributed by atoms with Crippen LogP contribution in [-0.4, -0.2) is 34.9 Å². The number of H-pyrrole nitrogens is 1. The van der Waals surface area contributed by atoms with Gasteiger partial charge in [0.15, 0.2) is 12.4 Å². The lowest BCUT2D eigenvalue weighted by molar-refractivity contribution is -0.920. The highest BCUT2D eigenvalue weighted by atomic mass is 16.2. The first kappa shape index (κ1) is 21.2. The second-order valence-electron chi connectivity index (χ2n) is 7.19. The third-order valence-corrected chi connectivity index (χ3v) is 4.98. The first-order valence-electron chi connectivity index (χ1n) is 9.88. The van der Waals surface area contributed by atoms with Crippen LogP contribution in [0.5, 0.6) is 0 Å². The van der Waals surface area contributed by atoms with Gasteiger partial charge in [-0.25, -0.2) is 4.98 Å². The molecule has 8 nitrogen and oxygen atoms in total. The molecule has 4 N–H and O–H groups in total. The molecule has 1 heterocycles. The number of quaternary nitrogens is 1. The van der Waals surface area contributed by atoms with Gasteiger partial charge >= 0.3 is 0 Å². The maximum Gasteiger partial charge on any atom is 0.279 e. The zero-order valence-electron chi connectivity index (χ0n) is 17.3. The van der Waals surface area contributed by atoms with Gasteiger partial charge in [0.2, 0.25) is 5.91 Å². The molecule has 2 aromatic carbocycles. The number of amides is 2. The van der Waals surface area contributed by atoms with Crippen molar-refractivity contribution in [3.63, 3.8) is 0 Å². The summed E-state index contributed by atoms with van der Waals surface area (Å²) >= 11 is 0. The third kappa shape index (κ3) is 5.09. The number of fused-ring (bicyclic) bond motifs is 1. The number of hydrogen-bond acceptors (Lipinski definition) is 4. The molecule has 3 aromatic rings. The van der Waals surface area contributed by atoms with Gasteiger partial charge in [0.25, 0.3) is 11.5 Å². The van der Waals surface area contributed by atoms with Crippen molar-refractivity contribution in [3.05, 3.63) is 64.7 Å². The zero-order chi connectivity index (χ0) is 21.7. The number of hydrogen-bond donors (Lipinski definition) is 4. The molecule has 0 aliphatic rings. The largest absolute Gasteiger partial charge is 0.326 e. The van der Waals surface area contributed by atoms with E-state index in [2.05, 4.69) is 20.6 Å². The van der Waals surface area contributed by atoms with E-state index in [0.29, 0.717) is 34.6 Å². The number of aromatic nitrogens is 2. The van der Waals surface area contributed by atoms with Gasteiger partial charge in [-0.05, 0) is 50.2 Å². The lowest BCUT2D eigenvalue weighted by Crippen LogP contribution is -3.12. The second kappa shape index (κ2) is 9.32. The van der Waals surface area contributed by atoms with Crippen LogP contribution in [0.1, 0.15) is 32.6 Å². The molecule has 0 aliphatic heterocycles. The van der Waals surface area contributed by atoms with Crippen molar-refractivity contribution < 1.29 is 14.5 Å². The molecule has 0 saturated carbocycles. The molecule has 1 unspecified atom stereocenters. The van der Waals surface area contributed by atoms with Gasteiger partial charge in [0, 0.05) is 18.3 Å². The quantitative estimate of drug-likeness (QED) is 0.475. The lowest BCUT2D eigenvalue weighted by Gasteiger charge is -2.23. The van der Waals surface area contributed by atoms with E-state index >= 15 is 0 Å². The van der Waals surface area contributed by atoms with Gasteiger partial charge in [-0.1, -0.05) is 12.1 Å². The number of aromatic amines is 1. The molecule has 156 valence electrons. The maximum absolute atomic E-state index is 12.6. The summed E-state index contributed by atoms with van der Waals surface area (Å²) in [5.74, 6) is 0.264. The second-order valence-corrected chi connectivity index (χ2v) is 7.19. The summed E-state index contributed by atoms with van der Waals surface area (Å²) < 4.78 is 0. The van der Waals surface area contributed by atoms with Gasteiger partial charge in [0.05, 0.1) is 17.4 Å². The number of rotatable bonds is 7. The Morgan fingerprint density at radius 2 is 1.70 bits per heavy atom. The molecule has 8 heteroatoms. The van der Waals surface area contributed by atoms with E-state index in [4.69, 9.17) is 0 Å². The molecule has 2 atom stereocenters. The van der Waals surface area contributed by atoms with E-state index in [1.54, 1.807) is 36.4 Å². The summed E-state index contributed by atoms with van der Waals surface area (Å²) in [7, 11) is 0. The Morgan fingerprint density at radius 1 is 1.07 bits per heavy atom. The Balaban J connectivity index is 1.69. The molecule has 0 spiro atoms. The van der Waals surface area contributed by atoms with Gasteiger partial charge in [-0.2, -0.15) is 0 Å². The Bertz CT molecular complexity index is 1110. The Morgan fingerprint density at radius 3 is 2.33 bits per heavy atom. The fraction of sp³-hybridized carbons (Fsp3) is 0.273. The zero-order valence-corrected chi connectivity index (χ0v) is 17.3. The maximum atomic E-state index is 12.6. The highest BCUT2D eigenvalue weighted by Gasteiger charge is 2.23. The minimum atomic E-state index is -0.179. The summed E-state index contributed by atoms with van der Waals surface area (Å²) in [5, 5.41) is 6.10. The van der Waals surface area contributed by atoms with E-state index in [1.807, 2.05) is 26.0 Å². The SMILES string of the molecule is CC[NH+](CC(=O)Nc1ccc(NC(C)=O)cc1)[C@@H](C)c1nc2ccccc2c(=O)[nH]1. The smallest absolute Gasteiger partial charge is 0.279 e. The van der Waals surface area contributed by atoms with E-state index in [9.17, 15) is 14.4 Å². The summed E-state index contributed by atoms with van der Waals surface area (Å²) in [6.45, 7) is 6.28. The van der Waals surface area contributed by atoms with Crippen LogP contribution in [0.4, 0.5) is 11.4 Å². The fourth-order valence-corrected chi connectivity index (χ4v) is 3.34. The molecule has 1 aromatic heterocycles. The van der Waals surface area contributed by atoms with Crippen molar-refractivity contribution in [3.8, 4) is 0 Å². The number of carbonyl (C=O) groups excluding carboxylic acids is 2. The van der Waals surface area contributed by atoms with Crippen LogP contribution in [0.2, 0.25) is 0 Å². The number of likely N-dealkylation sites (N-methyl/N-ethyl adjacent to an activating group) is 1. The first-order chi connectivity index (χ1) is 14.4. The Hall–Kier alpha value is -3.52. The highest BCUT2D eigenvalue weighted by Crippen LogP contribution is 2.13. The van der Waals surface area contributed by atoms with Crippen molar-refractivity contribution in [2.75, 3.05) is 23.7 Å². The van der Waals surface area contributed by atoms with Gasteiger partial charge in [0.1, 0.15) is 6.04 Å². The van der Waals surface area contributed by atoms with Crippen molar-refractivity contribution in [1.82, 2.24) is 9.97 Å². The number of benzene rings is 2. The van der Waals surface area contributed by atoms with Crippen LogP contribution < -0.4 is 21.1 Å². The minimum absolute atomic E-state index is 0.144. The summed E-state index contributed by atoms with van der Waals surface area (Å²) in [6, 6.07) is 14.0. The first-order valence-corrected chi connectivity index (χ1v) is 9.88. The molecule has 30 heavy (non-hydrogen) atoms. The molecular weight excluding hydrogens is 382 g/mol. The van der Waals surface area contributed by atoms with E-state index in [1.165, 1.54) is 6.92 Å². The van der Waals surface area contributed by atoms with Crippen LogP contribution in [0.3, 0.4) is 0 Å². The van der Waals surface area contributed by atoms with Gasteiger partial charge in [-0.15, -0.1) is 0 Å². The van der Waals surface area contributed by atoms with Crippen LogP contribution in [0, 0.1) is 0 Å². The molecule has 0 fully saturated rings. The average Bonchev–Trinajstić information content (AvgIpc) is 2.72. The van der Waals surface area contributed by atoms with E-state index in [-0.39, 0.29) is 30.0 Å². The van der Waals surface area contributed by atoms with E-state index in [0.717, 1.165) is 4.90 Å². The van der Waals surface area contributed by atoms with Crippen LogP contribution in [-0.2, 0) is 9.59 Å². The predicted molar refractivity (Wildman–Crippen MR) is 117 cm³/mol. The fourth-order valence-electron chi connectivity index (χ4n) is 3.34. The van der Waals surface area contributed by atoms with Crippen molar-refractivity contribution in [1.29, 1.82) is 0 Å². The minimum Gasteiger partial charge on any atom is -0.326 e. The van der Waals surface area contributed by atoms with Crippen LogP contribution >= 0.6 is 0 Å².